The first kappa shape index (κ1) is 15.5. The van der Waals surface area contributed by atoms with Crippen LogP contribution in [0.1, 0.15) is 32.3 Å². The maximum Gasteiger partial charge on any atom is 0.123 e. The smallest absolute Gasteiger partial charge is 0.123 e. The van der Waals surface area contributed by atoms with E-state index in [2.05, 4.69) is 24.1 Å². The van der Waals surface area contributed by atoms with E-state index in [1.54, 1.807) is 12.1 Å². The van der Waals surface area contributed by atoms with Crippen molar-refractivity contribution in [2.75, 3.05) is 26.2 Å². The Hall–Kier alpha value is -0.930. The highest BCUT2D eigenvalue weighted by Gasteiger charge is 2.19. The summed E-state index contributed by atoms with van der Waals surface area (Å²) in [5, 5.41) is 3.48. The Morgan fingerprint density at radius 3 is 2.95 bits per heavy atom. The number of piperidine rings is 1. The number of hydrogen-bond donors (Lipinski definition) is 1. The van der Waals surface area contributed by atoms with Gasteiger partial charge in [0, 0.05) is 12.6 Å². The highest BCUT2D eigenvalue weighted by Crippen LogP contribution is 2.16. The van der Waals surface area contributed by atoms with Crippen molar-refractivity contribution >= 4 is 0 Å². The van der Waals surface area contributed by atoms with Crippen LogP contribution >= 0.6 is 0 Å². The number of halogens is 1. The third-order valence-electron chi connectivity index (χ3n) is 4.34. The van der Waals surface area contributed by atoms with Crippen LogP contribution in [0.2, 0.25) is 0 Å². The summed E-state index contributed by atoms with van der Waals surface area (Å²) in [6.45, 7) is 9.00. The minimum atomic E-state index is -0.130. The molecular weight excluding hydrogens is 251 g/mol. The fourth-order valence-electron chi connectivity index (χ4n) is 3.17. The lowest BCUT2D eigenvalue weighted by atomic mass is 9.97. The molecule has 1 saturated heterocycles. The summed E-state index contributed by atoms with van der Waals surface area (Å²) in [6, 6.07) is 7.46. The zero-order chi connectivity index (χ0) is 14.4. The molecule has 2 atom stereocenters. The highest BCUT2D eigenvalue weighted by atomic mass is 19.1. The van der Waals surface area contributed by atoms with Crippen molar-refractivity contribution in [1.82, 2.24) is 10.2 Å². The molecule has 1 N–H and O–H groups in total. The minimum absolute atomic E-state index is 0.130. The van der Waals surface area contributed by atoms with E-state index in [0.717, 1.165) is 37.5 Å². The topological polar surface area (TPSA) is 15.3 Å². The average Bonchev–Trinajstić information content (AvgIpc) is 2.45. The minimum Gasteiger partial charge on any atom is -0.316 e. The van der Waals surface area contributed by atoms with Crippen molar-refractivity contribution < 1.29 is 4.39 Å². The highest BCUT2D eigenvalue weighted by molar-refractivity contribution is 5.17. The van der Waals surface area contributed by atoms with Gasteiger partial charge in [-0.25, -0.2) is 4.39 Å². The second-order valence-electron chi connectivity index (χ2n) is 5.98. The van der Waals surface area contributed by atoms with Gasteiger partial charge in [-0.15, -0.1) is 0 Å². The summed E-state index contributed by atoms with van der Waals surface area (Å²) in [6.07, 6.45) is 3.54. The van der Waals surface area contributed by atoms with Crippen LogP contribution in [0, 0.1) is 11.7 Å². The zero-order valence-electron chi connectivity index (χ0n) is 12.7. The molecule has 0 aromatic heterocycles. The molecule has 2 unspecified atom stereocenters. The molecule has 2 rings (SSSR count). The molecular formula is C17H27FN2. The molecule has 112 valence electrons. The summed E-state index contributed by atoms with van der Waals surface area (Å²) in [4.78, 5) is 2.53. The van der Waals surface area contributed by atoms with Gasteiger partial charge < -0.3 is 10.2 Å². The maximum atomic E-state index is 13.3. The predicted molar refractivity (Wildman–Crippen MR) is 82.4 cm³/mol. The van der Waals surface area contributed by atoms with E-state index < -0.39 is 0 Å². The van der Waals surface area contributed by atoms with Crippen molar-refractivity contribution in [2.45, 2.75) is 39.2 Å². The predicted octanol–water partition coefficient (Wildman–Crippen LogP) is 3.08. The molecule has 1 heterocycles. The number of rotatable bonds is 6. The molecule has 0 bridgehead atoms. The summed E-state index contributed by atoms with van der Waals surface area (Å²) in [5.41, 5.74) is 1.10. The van der Waals surface area contributed by atoms with Crippen molar-refractivity contribution in [1.29, 1.82) is 0 Å². The Morgan fingerprint density at radius 2 is 2.30 bits per heavy atom. The lowest BCUT2D eigenvalue weighted by molar-refractivity contribution is 0.169. The molecule has 1 aromatic carbocycles. The van der Waals surface area contributed by atoms with E-state index in [-0.39, 0.29) is 5.82 Å². The first-order valence-electron chi connectivity index (χ1n) is 7.88. The molecule has 0 radical (unpaired) electrons. The SMILES string of the molecule is CCN(CC1CCCNC1)C(C)Cc1cccc(F)c1. The maximum absolute atomic E-state index is 13.3. The molecule has 1 aliphatic rings. The molecule has 20 heavy (non-hydrogen) atoms. The van der Waals surface area contributed by atoms with E-state index in [1.807, 2.05) is 6.07 Å². The van der Waals surface area contributed by atoms with Gasteiger partial charge in [0.2, 0.25) is 0 Å². The first-order valence-corrected chi connectivity index (χ1v) is 7.88. The summed E-state index contributed by atoms with van der Waals surface area (Å²) >= 11 is 0. The Morgan fingerprint density at radius 1 is 1.45 bits per heavy atom. The standard InChI is InChI=1S/C17H27FN2/c1-3-20(13-16-7-5-9-19-12-16)14(2)10-15-6-4-8-17(18)11-15/h4,6,8,11,14,16,19H,3,5,7,9-10,12-13H2,1-2H3. The van der Waals surface area contributed by atoms with Gasteiger partial charge in [-0.05, 0) is 69.4 Å². The molecule has 1 aromatic rings. The van der Waals surface area contributed by atoms with Crippen LogP contribution in [0.25, 0.3) is 0 Å². The second kappa shape index (κ2) is 7.75. The van der Waals surface area contributed by atoms with Gasteiger partial charge >= 0.3 is 0 Å². The fourth-order valence-corrected chi connectivity index (χ4v) is 3.17. The Kier molecular flexibility index (Phi) is 5.99. The second-order valence-corrected chi connectivity index (χ2v) is 5.98. The van der Waals surface area contributed by atoms with Gasteiger partial charge in [-0.2, -0.15) is 0 Å². The van der Waals surface area contributed by atoms with E-state index in [1.165, 1.54) is 25.5 Å². The lowest BCUT2D eigenvalue weighted by Gasteiger charge is -2.33. The number of nitrogens with zero attached hydrogens (tertiary/aromatic N) is 1. The van der Waals surface area contributed by atoms with E-state index in [0.29, 0.717) is 6.04 Å². The number of nitrogens with one attached hydrogen (secondary N) is 1. The van der Waals surface area contributed by atoms with Crippen LogP contribution < -0.4 is 5.32 Å². The lowest BCUT2D eigenvalue weighted by Crippen LogP contribution is -2.42. The van der Waals surface area contributed by atoms with Crippen LogP contribution in [-0.4, -0.2) is 37.1 Å². The summed E-state index contributed by atoms with van der Waals surface area (Å²) < 4.78 is 13.3. The number of hydrogen-bond acceptors (Lipinski definition) is 2. The van der Waals surface area contributed by atoms with E-state index >= 15 is 0 Å². The van der Waals surface area contributed by atoms with Crippen LogP contribution in [0.5, 0.6) is 0 Å². The molecule has 0 spiro atoms. The van der Waals surface area contributed by atoms with Crippen molar-refractivity contribution in [3.05, 3.63) is 35.6 Å². The average molecular weight is 278 g/mol. The van der Waals surface area contributed by atoms with Crippen LogP contribution in [-0.2, 0) is 6.42 Å². The molecule has 2 nitrogen and oxygen atoms in total. The Labute approximate surface area is 122 Å². The van der Waals surface area contributed by atoms with Crippen LogP contribution in [0.4, 0.5) is 4.39 Å². The van der Waals surface area contributed by atoms with E-state index in [9.17, 15) is 4.39 Å². The van der Waals surface area contributed by atoms with Gasteiger partial charge in [-0.3, -0.25) is 0 Å². The van der Waals surface area contributed by atoms with Crippen LogP contribution in [0.3, 0.4) is 0 Å². The fraction of sp³-hybridized carbons (Fsp3) is 0.647. The first-order chi connectivity index (χ1) is 9.69. The Balaban J connectivity index is 1.89. The van der Waals surface area contributed by atoms with Gasteiger partial charge in [0.05, 0.1) is 0 Å². The largest absolute Gasteiger partial charge is 0.316 e. The van der Waals surface area contributed by atoms with Gasteiger partial charge in [0.25, 0.3) is 0 Å². The Bertz CT molecular complexity index is 402. The normalized spacial score (nSPS) is 21.1. The summed E-state index contributed by atoms with van der Waals surface area (Å²) in [5.74, 6) is 0.632. The molecule has 0 aliphatic carbocycles. The molecule has 3 heteroatoms. The summed E-state index contributed by atoms with van der Waals surface area (Å²) in [7, 11) is 0. The molecule has 1 aliphatic heterocycles. The molecule has 0 amide bonds. The monoisotopic (exact) mass is 278 g/mol. The quantitative estimate of drug-likeness (QED) is 0.860. The van der Waals surface area contributed by atoms with Gasteiger partial charge in [-0.1, -0.05) is 19.1 Å². The van der Waals surface area contributed by atoms with Crippen molar-refractivity contribution in [3.8, 4) is 0 Å². The van der Waals surface area contributed by atoms with Crippen molar-refractivity contribution in [3.63, 3.8) is 0 Å². The zero-order valence-corrected chi connectivity index (χ0v) is 12.7. The molecule has 1 fully saturated rings. The number of likely N-dealkylation sites (N-methyl/N-ethyl adjacent to an activating group) is 1. The van der Waals surface area contributed by atoms with Crippen LogP contribution in [0.15, 0.2) is 24.3 Å². The van der Waals surface area contributed by atoms with Gasteiger partial charge in [0.15, 0.2) is 0 Å². The van der Waals surface area contributed by atoms with Crippen molar-refractivity contribution in [2.24, 2.45) is 5.92 Å². The number of benzene rings is 1. The van der Waals surface area contributed by atoms with Gasteiger partial charge in [0.1, 0.15) is 5.82 Å². The third kappa shape index (κ3) is 4.57. The third-order valence-corrected chi connectivity index (χ3v) is 4.34. The van der Waals surface area contributed by atoms with E-state index in [4.69, 9.17) is 0 Å². The molecule has 0 saturated carbocycles.